The van der Waals surface area contributed by atoms with Crippen LogP contribution in [0.5, 0.6) is 0 Å². The van der Waals surface area contributed by atoms with E-state index < -0.39 is 0 Å². The molecule has 4 heteroatoms. The highest BCUT2D eigenvalue weighted by molar-refractivity contribution is 9.10. The van der Waals surface area contributed by atoms with Crippen LogP contribution in [0, 0.1) is 20.8 Å². The number of nitrogens with one attached hydrogen (secondary N) is 2. The number of H-pyrrole nitrogens is 1. The standard InChI is InChI=1S/C13H16BrN3/c1-8-4-5-11(12(14)6-8)7-15-13-9(2)16-17-10(13)3/h4-6,15H,7H2,1-3H3,(H,16,17). The molecule has 0 aliphatic heterocycles. The Morgan fingerprint density at radius 1 is 1.29 bits per heavy atom. The van der Waals surface area contributed by atoms with E-state index in [-0.39, 0.29) is 0 Å². The van der Waals surface area contributed by atoms with Gasteiger partial charge in [0, 0.05) is 11.0 Å². The van der Waals surface area contributed by atoms with Gasteiger partial charge < -0.3 is 5.32 Å². The van der Waals surface area contributed by atoms with Gasteiger partial charge in [0.15, 0.2) is 0 Å². The van der Waals surface area contributed by atoms with Crippen molar-refractivity contribution in [3.8, 4) is 0 Å². The number of aromatic nitrogens is 2. The van der Waals surface area contributed by atoms with Crippen molar-refractivity contribution < 1.29 is 0 Å². The number of hydrogen-bond donors (Lipinski definition) is 2. The summed E-state index contributed by atoms with van der Waals surface area (Å²) in [6.07, 6.45) is 0. The molecule has 0 radical (unpaired) electrons. The van der Waals surface area contributed by atoms with Gasteiger partial charge in [0.25, 0.3) is 0 Å². The lowest BCUT2D eigenvalue weighted by Crippen LogP contribution is -2.02. The van der Waals surface area contributed by atoms with Crippen molar-refractivity contribution in [1.29, 1.82) is 0 Å². The fourth-order valence-corrected chi connectivity index (χ4v) is 2.42. The van der Waals surface area contributed by atoms with Gasteiger partial charge in [-0.25, -0.2) is 0 Å². The maximum atomic E-state index is 4.17. The van der Waals surface area contributed by atoms with Crippen LogP contribution >= 0.6 is 15.9 Å². The van der Waals surface area contributed by atoms with Crippen LogP contribution in [-0.2, 0) is 6.54 Å². The Kier molecular flexibility index (Phi) is 3.52. The molecule has 0 unspecified atom stereocenters. The van der Waals surface area contributed by atoms with Crippen molar-refractivity contribution in [2.24, 2.45) is 0 Å². The normalized spacial score (nSPS) is 10.6. The first-order chi connectivity index (χ1) is 8.08. The molecule has 1 aromatic heterocycles. The highest BCUT2D eigenvalue weighted by Crippen LogP contribution is 2.21. The molecule has 0 spiro atoms. The van der Waals surface area contributed by atoms with Crippen molar-refractivity contribution >= 4 is 21.6 Å². The first kappa shape index (κ1) is 12.2. The van der Waals surface area contributed by atoms with Crippen LogP contribution in [0.15, 0.2) is 22.7 Å². The van der Waals surface area contributed by atoms with E-state index in [4.69, 9.17) is 0 Å². The van der Waals surface area contributed by atoms with Crippen LogP contribution in [0.3, 0.4) is 0 Å². The van der Waals surface area contributed by atoms with Gasteiger partial charge in [0.2, 0.25) is 0 Å². The van der Waals surface area contributed by atoms with E-state index in [0.29, 0.717) is 0 Å². The van der Waals surface area contributed by atoms with Crippen molar-refractivity contribution in [2.75, 3.05) is 5.32 Å². The second-order valence-electron chi connectivity index (χ2n) is 4.26. The van der Waals surface area contributed by atoms with Crippen molar-refractivity contribution in [2.45, 2.75) is 27.3 Å². The number of benzene rings is 1. The Labute approximate surface area is 110 Å². The third-order valence-corrected chi connectivity index (χ3v) is 3.53. The lowest BCUT2D eigenvalue weighted by atomic mass is 10.1. The molecule has 0 bridgehead atoms. The van der Waals surface area contributed by atoms with Gasteiger partial charge in [-0.05, 0) is 38.0 Å². The smallest absolute Gasteiger partial charge is 0.0825 e. The lowest BCUT2D eigenvalue weighted by Gasteiger charge is -2.09. The Morgan fingerprint density at radius 2 is 2.06 bits per heavy atom. The molecular weight excluding hydrogens is 278 g/mol. The molecule has 1 heterocycles. The number of hydrogen-bond acceptors (Lipinski definition) is 2. The van der Waals surface area contributed by atoms with Crippen molar-refractivity contribution in [3.05, 3.63) is 45.2 Å². The van der Waals surface area contributed by atoms with Crippen molar-refractivity contribution in [3.63, 3.8) is 0 Å². The minimum absolute atomic E-state index is 0.794. The summed E-state index contributed by atoms with van der Waals surface area (Å²) in [6.45, 7) is 6.90. The van der Waals surface area contributed by atoms with Crippen LogP contribution in [0.1, 0.15) is 22.5 Å². The van der Waals surface area contributed by atoms with Gasteiger partial charge >= 0.3 is 0 Å². The topological polar surface area (TPSA) is 40.7 Å². The maximum absolute atomic E-state index is 4.17. The third-order valence-electron chi connectivity index (χ3n) is 2.79. The molecule has 0 saturated carbocycles. The van der Waals surface area contributed by atoms with Gasteiger partial charge in [0.05, 0.1) is 17.1 Å². The molecule has 0 aliphatic carbocycles. The first-order valence-corrected chi connectivity index (χ1v) is 6.37. The monoisotopic (exact) mass is 293 g/mol. The highest BCUT2D eigenvalue weighted by atomic mass is 79.9. The molecule has 1 aromatic carbocycles. The maximum Gasteiger partial charge on any atom is 0.0825 e. The second-order valence-corrected chi connectivity index (χ2v) is 5.11. The molecule has 3 nitrogen and oxygen atoms in total. The quantitative estimate of drug-likeness (QED) is 0.906. The molecule has 90 valence electrons. The van der Waals surface area contributed by atoms with E-state index in [1.165, 1.54) is 11.1 Å². The third kappa shape index (κ3) is 2.69. The van der Waals surface area contributed by atoms with Crippen LogP contribution < -0.4 is 5.32 Å². The molecule has 0 amide bonds. The van der Waals surface area contributed by atoms with Crippen LogP contribution in [0.4, 0.5) is 5.69 Å². The molecule has 2 aromatic rings. The largest absolute Gasteiger partial charge is 0.378 e. The summed E-state index contributed by atoms with van der Waals surface area (Å²) >= 11 is 3.58. The molecule has 0 aliphatic rings. The number of aromatic amines is 1. The van der Waals surface area contributed by atoms with Gasteiger partial charge in [-0.3, -0.25) is 5.10 Å². The molecule has 0 saturated heterocycles. The first-order valence-electron chi connectivity index (χ1n) is 5.58. The fraction of sp³-hybridized carbons (Fsp3) is 0.308. The predicted molar refractivity (Wildman–Crippen MR) is 74.3 cm³/mol. The minimum Gasteiger partial charge on any atom is -0.378 e. The second kappa shape index (κ2) is 4.92. The van der Waals surface area contributed by atoms with Crippen molar-refractivity contribution in [1.82, 2.24) is 10.2 Å². The summed E-state index contributed by atoms with van der Waals surface area (Å²) in [7, 11) is 0. The summed E-state index contributed by atoms with van der Waals surface area (Å²) in [5.41, 5.74) is 5.68. The van der Waals surface area contributed by atoms with Gasteiger partial charge in [-0.2, -0.15) is 5.10 Å². The van der Waals surface area contributed by atoms with E-state index in [1.807, 2.05) is 13.8 Å². The van der Waals surface area contributed by atoms with Crippen LogP contribution in [0.2, 0.25) is 0 Å². The predicted octanol–water partition coefficient (Wildman–Crippen LogP) is 3.71. The summed E-state index contributed by atoms with van der Waals surface area (Å²) in [4.78, 5) is 0. The minimum atomic E-state index is 0.794. The zero-order chi connectivity index (χ0) is 12.4. The molecule has 0 fully saturated rings. The van der Waals surface area contributed by atoms with Gasteiger partial charge in [0.1, 0.15) is 0 Å². The average Bonchev–Trinajstić information content (AvgIpc) is 2.58. The summed E-state index contributed by atoms with van der Waals surface area (Å²) in [5, 5.41) is 10.6. The number of halogens is 1. The number of anilines is 1. The number of rotatable bonds is 3. The zero-order valence-electron chi connectivity index (χ0n) is 10.3. The molecule has 0 atom stereocenters. The average molecular weight is 294 g/mol. The Balaban J connectivity index is 2.13. The van der Waals surface area contributed by atoms with E-state index in [9.17, 15) is 0 Å². The van der Waals surface area contributed by atoms with E-state index >= 15 is 0 Å². The Morgan fingerprint density at radius 3 is 2.65 bits per heavy atom. The lowest BCUT2D eigenvalue weighted by molar-refractivity contribution is 1.02. The SMILES string of the molecule is Cc1ccc(CNc2c(C)n[nH]c2C)c(Br)c1. The summed E-state index contributed by atoms with van der Waals surface area (Å²) < 4.78 is 1.14. The van der Waals surface area contributed by atoms with Crippen LogP contribution in [-0.4, -0.2) is 10.2 Å². The summed E-state index contributed by atoms with van der Waals surface area (Å²) in [5.74, 6) is 0. The zero-order valence-corrected chi connectivity index (χ0v) is 11.9. The van der Waals surface area contributed by atoms with Crippen LogP contribution in [0.25, 0.3) is 0 Å². The fourth-order valence-electron chi connectivity index (χ4n) is 1.79. The van der Waals surface area contributed by atoms with E-state index in [2.05, 4.69) is 56.6 Å². The number of nitrogens with zero attached hydrogens (tertiary/aromatic N) is 1. The highest BCUT2D eigenvalue weighted by Gasteiger charge is 2.06. The van der Waals surface area contributed by atoms with Gasteiger partial charge in [-0.1, -0.05) is 28.1 Å². The van der Waals surface area contributed by atoms with E-state index in [1.54, 1.807) is 0 Å². The number of aryl methyl sites for hydroxylation is 3. The Bertz CT molecular complexity index is 512. The molecular formula is C13H16BrN3. The summed E-state index contributed by atoms with van der Waals surface area (Å²) in [6, 6.07) is 6.39. The Hall–Kier alpha value is -1.29. The molecule has 17 heavy (non-hydrogen) atoms. The molecule has 2 rings (SSSR count). The van der Waals surface area contributed by atoms with Gasteiger partial charge in [-0.15, -0.1) is 0 Å². The molecule has 2 N–H and O–H groups in total. The van der Waals surface area contributed by atoms with E-state index in [0.717, 1.165) is 28.1 Å².